The molecule has 1 fully saturated rings. The van der Waals surface area contributed by atoms with Crippen LogP contribution in [0.2, 0.25) is 0 Å². The van der Waals surface area contributed by atoms with Gasteiger partial charge in [-0.2, -0.15) is 0 Å². The number of amides is 2. The molecule has 0 aromatic carbocycles. The summed E-state index contributed by atoms with van der Waals surface area (Å²) in [6, 6.07) is 2.67. The third-order valence-corrected chi connectivity index (χ3v) is 2.85. The molecule has 0 bridgehead atoms. The minimum absolute atomic E-state index is 0.122. The Bertz CT molecular complexity index is 551. The number of nitrogens with zero attached hydrogens (tertiary/aromatic N) is 2. The molecule has 0 spiro atoms. The molecule has 1 N–H and O–H groups in total. The Labute approximate surface area is 103 Å². The average molecular weight is 248 g/mol. The fourth-order valence-electron chi connectivity index (χ4n) is 1.89. The number of carboxylic acid groups (broad SMARTS) is 1. The van der Waals surface area contributed by atoms with Crippen LogP contribution in [0, 0.1) is 5.41 Å². The Hall–Kier alpha value is -2.24. The zero-order chi connectivity index (χ0) is 13.5. The smallest absolute Gasteiger partial charge is 0.354 e. The Morgan fingerprint density at radius 1 is 1.44 bits per heavy atom. The van der Waals surface area contributed by atoms with E-state index in [1.807, 2.05) is 0 Å². The molecule has 0 radical (unpaired) electrons. The lowest BCUT2D eigenvalue weighted by atomic mass is 9.92. The molecule has 1 aromatic rings. The van der Waals surface area contributed by atoms with Crippen molar-refractivity contribution in [2.24, 2.45) is 5.41 Å². The van der Waals surface area contributed by atoms with Gasteiger partial charge in [-0.15, -0.1) is 0 Å². The third kappa shape index (κ3) is 1.85. The van der Waals surface area contributed by atoms with E-state index in [9.17, 15) is 14.4 Å². The van der Waals surface area contributed by atoms with Crippen molar-refractivity contribution in [3.05, 3.63) is 24.0 Å². The predicted molar refractivity (Wildman–Crippen MR) is 62.1 cm³/mol. The van der Waals surface area contributed by atoms with Crippen molar-refractivity contribution in [3.63, 3.8) is 0 Å². The number of pyridine rings is 1. The molecule has 0 aliphatic carbocycles. The molecule has 0 saturated carbocycles. The van der Waals surface area contributed by atoms with E-state index < -0.39 is 11.4 Å². The number of aromatic carboxylic acids is 1. The zero-order valence-corrected chi connectivity index (χ0v) is 10.0. The molecule has 1 aliphatic rings. The topological polar surface area (TPSA) is 87.6 Å². The molecule has 2 rings (SSSR count). The first-order valence-corrected chi connectivity index (χ1v) is 5.40. The summed E-state index contributed by atoms with van der Waals surface area (Å²) in [5.74, 6) is -1.85. The molecule has 0 atom stereocenters. The van der Waals surface area contributed by atoms with Crippen LogP contribution in [0.3, 0.4) is 0 Å². The summed E-state index contributed by atoms with van der Waals surface area (Å²) >= 11 is 0. The maximum absolute atomic E-state index is 12.1. The minimum atomic E-state index is -1.20. The predicted octanol–water partition coefficient (Wildman–Crippen LogP) is 1.07. The standard InChI is InChI=1S/C12H12N2O4/c1-12(2)6-9(15)14(11(12)18)7-3-4-13-8(5-7)10(16)17/h3-5H,6H2,1-2H3,(H,16,17). The first-order valence-electron chi connectivity index (χ1n) is 5.40. The number of aromatic nitrogens is 1. The van der Waals surface area contributed by atoms with Crippen molar-refractivity contribution in [2.45, 2.75) is 20.3 Å². The Balaban J connectivity index is 2.44. The number of imide groups is 1. The molecule has 6 nitrogen and oxygen atoms in total. The van der Waals surface area contributed by atoms with Crippen LogP contribution in [-0.4, -0.2) is 27.9 Å². The number of hydrogen-bond donors (Lipinski definition) is 1. The highest BCUT2D eigenvalue weighted by atomic mass is 16.4. The summed E-state index contributed by atoms with van der Waals surface area (Å²) in [6.45, 7) is 3.37. The van der Waals surface area contributed by atoms with Gasteiger partial charge in [-0.3, -0.25) is 9.59 Å². The van der Waals surface area contributed by atoms with Gasteiger partial charge in [0.15, 0.2) is 0 Å². The van der Waals surface area contributed by atoms with Crippen molar-refractivity contribution in [2.75, 3.05) is 4.90 Å². The molecule has 94 valence electrons. The number of carboxylic acids is 1. The van der Waals surface area contributed by atoms with Gasteiger partial charge >= 0.3 is 5.97 Å². The van der Waals surface area contributed by atoms with Gasteiger partial charge in [-0.1, -0.05) is 13.8 Å². The normalized spacial score (nSPS) is 18.2. The summed E-state index contributed by atoms with van der Waals surface area (Å²) < 4.78 is 0. The monoisotopic (exact) mass is 248 g/mol. The van der Waals surface area contributed by atoms with E-state index in [1.165, 1.54) is 18.3 Å². The third-order valence-electron chi connectivity index (χ3n) is 2.85. The van der Waals surface area contributed by atoms with Crippen LogP contribution in [0.4, 0.5) is 5.69 Å². The van der Waals surface area contributed by atoms with E-state index in [4.69, 9.17) is 5.11 Å². The summed E-state index contributed by atoms with van der Waals surface area (Å²) in [5.41, 5.74) is -0.690. The van der Waals surface area contributed by atoms with Crippen LogP contribution >= 0.6 is 0 Å². The molecule has 0 unspecified atom stereocenters. The fraction of sp³-hybridized carbons (Fsp3) is 0.333. The highest BCUT2D eigenvalue weighted by molar-refractivity contribution is 6.22. The largest absolute Gasteiger partial charge is 0.477 e. The van der Waals surface area contributed by atoms with E-state index >= 15 is 0 Å². The molecule has 6 heteroatoms. The molecule has 18 heavy (non-hydrogen) atoms. The van der Waals surface area contributed by atoms with Gasteiger partial charge in [-0.05, 0) is 12.1 Å². The quantitative estimate of drug-likeness (QED) is 0.791. The maximum atomic E-state index is 12.1. The van der Waals surface area contributed by atoms with Crippen LogP contribution in [0.5, 0.6) is 0 Å². The zero-order valence-electron chi connectivity index (χ0n) is 10.0. The van der Waals surface area contributed by atoms with Gasteiger partial charge < -0.3 is 5.11 Å². The van der Waals surface area contributed by atoms with Crippen LogP contribution in [-0.2, 0) is 9.59 Å². The number of hydrogen-bond acceptors (Lipinski definition) is 4. The number of carbonyl (C=O) groups is 3. The summed E-state index contributed by atoms with van der Waals surface area (Å²) in [4.78, 5) is 39.4. The molecule has 1 aliphatic heterocycles. The lowest BCUT2D eigenvalue weighted by molar-refractivity contribution is -0.124. The van der Waals surface area contributed by atoms with E-state index in [-0.39, 0.29) is 29.6 Å². The van der Waals surface area contributed by atoms with Crippen molar-refractivity contribution in [1.82, 2.24) is 4.98 Å². The highest BCUT2D eigenvalue weighted by Crippen LogP contribution is 2.34. The lowest BCUT2D eigenvalue weighted by Gasteiger charge is -2.17. The van der Waals surface area contributed by atoms with E-state index in [1.54, 1.807) is 13.8 Å². The number of carbonyl (C=O) groups excluding carboxylic acids is 2. The Morgan fingerprint density at radius 2 is 2.11 bits per heavy atom. The number of rotatable bonds is 2. The van der Waals surface area contributed by atoms with E-state index in [0.29, 0.717) is 0 Å². The highest BCUT2D eigenvalue weighted by Gasteiger charge is 2.45. The second-order valence-electron chi connectivity index (χ2n) is 4.80. The van der Waals surface area contributed by atoms with Gasteiger partial charge in [0.1, 0.15) is 5.69 Å². The second kappa shape index (κ2) is 3.90. The van der Waals surface area contributed by atoms with Gasteiger partial charge in [0, 0.05) is 12.6 Å². The van der Waals surface area contributed by atoms with Crippen LogP contribution in [0.25, 0.3) is 0 Å². The first-order chi connectivity index (χ1) is 8.33. The molecule has 2 heterocycles. The molecule has 1 aromatic heterocycles. The van der Waals surface area contributed by atoms with Gasteiger partial charge in [-0.25, -0.2) is 14.7 Å². The van der Waals surface area contributed by atoms with Crippen LogP contribution in [0.1, 0.15) is 30.8 Å². The van der Waals surface area contributed by atoms with Crippen molar-refractivity contribution < 1.29 is 19.5 Å². The maximum Gasteiger partial charge on any atom is 0.354 e. The van der Waals surface area contributed by atoms with Crippen molar-refractivity contribution in [3.8, 4) is 0 Å². The van der Waals surface area contributed by atoms with Gasteiger partial charge in [0.25, 0.3) is 0 Å². The van der Waals surface area contributed by atoms with E-state index in [2.05, 4.69) is 4.98 Å². The van der Waals surface area contributed by atoms with E-state index in [0.717, 1.165) is 4.90 Å². The molecule has 2 amide bonds. The minimum Gasteiger partial charge on any atom is -0.477 e. The molecular formula is C12H12N2O4. The number of anilines is 1. The fourth-order valence-corrected chi connectivity index (χ4v) is 1.89. The Morgan fingerprint density at radius 3 is 2.61 bits per heavy atom. The summed E-state index contributed by atoms with van der Waals surface area (Å²) in [7, 11) is 0. The van der Waals surface area contributed by atoms with Crippen LogP contribution < -0.4 is 4.90 Å². The first kappa shape index (κ1) is 12.2. The summed E-state index contributed by atoms with van der Waals surface area (Å²) in [6.07, 6.45) is 1.39. The second-order valence-corrected chi connectivity index (χ2v) is 4.80. The Kier molecular flexibility index (Phi) is 2.65. The summed E-state index contributed by atoms with van der Waals surface area (Å²) in [5, 5.41) is 8.84. The lowest BCUT2D eigenvalue weighted by Crippen LogP contribution is -2.33. The SMILES string of the molecule is CC1(C)CC(=O)N(c2ccnc(C(=O)O)c2)C1=O. The van der Waals surface area contributed by atoms with Gasteiger partial charge in [0.2, 0.25) is 11.8 Å². The molecule has 1 saturated heterocycles. The molecular weight excluding hydrogens is 236 g/mol. The van der Waals surface area contributed by atoms with Crippen LogP contribution in [0.15, 0.2) is 18.3 Å². The van der Waals surface area contributed by atoms with Crippen molar-refractivity contribution >= 4 is 23.5 Å². The average Bonchev–Trinajstić information content (AvgIpc) is 2.48. The van der Waals surface area contributed by atoms with Crippen molar-refractivity contribution in [1.29, 1.82) is 0 Å². The van der Waals surface area contributed by atoms with Gasteiger partial charge in [0.05, 0.1) is 11.1 Å².